The second-order valence-electron chi connectivity index (χ2n) is 4.98. The van der Waals surface area contributed by atoms with Gasteiger partial charge in [0.1, 0.15) is 6.04 Å². The molecule has 0 aromatic heterocycles. The molecule has 0 unspecified atom stereocenters. The largest absolute Gasteiger partial charge is 0.469 e. The number of carbonyl (C=O) groups is 2. The van der Waals surface area contributed by atoms with Crippen LogP contribution in [0, 0.1) is 6.92 Å². The monoisotopic (exact) mass is 276 g/mol. The molecule has 1 fully saturated rings. The van der Waals surface area contributed by atoms with Crippen molar-refractivity contribution < 1.29 is 14.3 Å². The molecule has 5 nitrogen and oxygen atoms in total. The molecule has 0 radical (unpaired) electrons. The second-order valence-corrected chi connectivity index (χ2v) is 4.98. The molecule has 1 atom stereocenters. The number of hydrogen-bond donors (Lipinski definition) is 1. The average Bonchev–Trinajstić information content (AvgIpc) is 2.44. The summed E-state index contributed by atoms with van der Waals surface area (Å²) >= 11 is 0. The fraction of sp³-hybridized carbons (Fsp3) is 0.467. The predicted molar refractivity (Wildman–Crippen MR) is 75.0 cm³/mol. The van der Waals surface area contributed by atoms with E-state index in [-0.39, 0.29) is 18.3 Å². The van der Waals surface area contributed by atoms with Gasteiger partial charge in [-0.15, -0.1) is 0 Å². The Morgan fingerprint density at radius 2 is 2.20 bits per heavy atom. The van der Waals surface area contributed by atoms with Crippen molar-refractivity contribution >= 4 is 11.9 Å². The number of ether oxygens (including phenoxy) is 1. The van der Waals surface area contributed by atoms with Crippen molar-refractivity contribution in [2.24, 2.45) is 0 Å². The fourth-order valence-electron chi connectivity index (χ4n) is 2.42. The standard InChI is InChI=1S/C15H20N2O3/c1-11-5-3-4-6-12(11)10-17-8-7-16-15(19)13(17)9-14(18)20-2/h3-6,13H,7-10H2,1-2H3,(H,16,19)/t13-/m0/s1. The molecule has 20 heavy (non-hydrogen) atoms. The molecule has 0 saturated carbocycles. The van der Waals surface area contributed by atoms with E-state index in [2.05, 4.69) is 29.1 Å². The summed E-state index contributed by atoms with van der Waals surface area (Å²) in [6, 6.07) is 7.64. The summed E-state index contributed by atoms with van der Waals surface area (Å²) in [5.74, 6) is -0.461. The van der Waals surface area contributed by atoms with Gasteiger partial charge >= 0.3 is 5.97 Å². The van der Waals surface area contributed by atoms with Crippen LogP contribution in [-0.4, -0.2) is 43.0 Å². The highest BCUT2D eigenvalue weighted by Crippen LogP contribution is 2.16. The zero-order valence-electron chi connectivity index (χ0n) is 11.9. The van der Waals surface area contributed by atoms with E-state index < -0.39 is 6.04 Å². The molecule has 1 aromatic carbocycles. The maximum Gasteiger partial charge on any atom is 0.307 e. The van der Waals surface area contributed by atoms with Crippen molar-refractivity contribution in [1.82, 2.24) is 10.2 Å². The number of piperazine rings is 1. The number of esters is 1. The molecule has 5 heteroatoms. The lowest BCUT2D eigenvalue weighted by Gasteiger charge is -2.34. The number of carbonyl (C=O) groups excluding carboxylic acids is 2. The van der Waals surface area contributed by atoms with Crippen LogP contribution >= 0.6 is 0 Å². The molecule has 108 valence electrons. The van der Waals surface area contributed by atoms with Crippen molar-refractivity contribution in [3.63, 3.8) is 0 Å². The minimum absolute atomic E-state index is 0.0915. The Balaban J connectivity index is 2.12. The van der Waals surface area contributed by atoms with Gasteiger partial charge in [0.2, 0.25) is 5.91 Å². The van der Waals surface area contributed by atoms with E-state index in [1.165, 1.54) is 18.2 Å². The second kappa shape index (κ2) is 6.52. The van der Waals surface area contributed by atoms with Gasteiger partial charge in [0, 0.05) is 19.6 Å². The van der Waals surface area contributed by atoms with Gasteiger partial charge in [0.25, 0.3) is 0 Å². The Kier molecular flexibility index (Phi) is 4.74. The summed E-state index contributed by atoms with van der Waals surface area (Å²) in [7, 11) is 1.34. The molecule has 1 amide bonds. The first-order chi connectivity index (χ1) is 9.61. The maximum atomic E-state index is 12.0. The lowest BCUT2D eigenvalue weighted by atomic mass is 10.0. The molecule has 0 aliphatic carbocycles. The minimum atomic E-state index is -0.448. The molecule has 1 heterocycles. The highest BCUT2D eigenvalue weighted by atomic mass is 16.5. The molecule has 0 spiro atoms. The van der Waals surface area contributed by atoms with E-state index in [0.29, 0.717) is 13.1 Å². The van der Waals surface area contributed by atoms with Crippen LogP contribution in [0.25, 0.3) is 0 Å². The zero-order valence-corrected chi connectivity index (χ0v) is 11.9. The topological polar surface area (TPSA) is 58.6 Å². The van der Waals surface area contributed by atoms with Crippen LogP contribution in [0.4, 0.5) is 0 Å². The first-order valence-electron chi connectivity index (χ1n) is 6.75. The van der Waals surface area contributed by atoms with Gasteiger partial charge in [-0.2, -0.15) is 0 Å². The van der Waals surface area contributed by atoms with Crippen LogP contribution in [-0.2, 0) is 20.9 Å². The number of methoxy groups -OCH3 is 1. The van der Waals surface area contributed by atoms with E-state index >= 15 is 0 Å². The van der Waals surface area contributed by atoms with Crippen LogP contribution in [0.2, 0.25) is 0 Å². The predicted octanol–water partition coefficient (Wildman–Crippen LogP) is 0.859. The van der Waals surface area contributed by atoms with Gasteiger partial charge in [-0.25, -0.2) is 0 Å². The summed E-state index contributed by atoms with van der Waals surface area (Å²) in [6.07, 6.45) is 0.0915. The van der Waals surface area contributed by atoms with Crippen molar-refractivity contribution in [3.05, 3.63) is 35.4 Å². The van der Waals surface area contributed by atoms with Gasteiger partial charge in [0.15, 0.2) is 0 Å². The van der Waals surface area contributed by atoms with E-state index in [1.54, 1.807) is 0 Å². The normalized spacial score (nSPS) is 19.5. The molecule has 2 rings (SSSR count). The third-order valence-corrected chi connectivity index (χ3v) is 3.66. The third-order valence-electron chi connectivity index (χ3n) is 3.66. The quantitative estimate of drug-likeness (QED) is 0.829. The van der Waals surface area contributed by atoms with E-state index in [9.17, 15) is 9.59 Å². The summed E-state index contributed by atoms with van der Waals surface area (Å²) in [4.78, 5) is 25.5. The summed E-state index contributed by atoms with van der Waals surface area (Å²) < 4.78 is 4.68. The molecule has 1 aliphatic rings. The average molecular weight is 276 g/mol. The molecule has 1 saturated heterocycles. The summed E-state index contributed by atoms with van der Waals surface area (Å²) in [5, 5.41) is 2.80. The van der Waals surface area contributed by atoms with Crippen LogP contribution in [0.5, 0.6) is 0 Å². The Hall–Kier alpha value is -1.88. The lowest BCUT2D eigenvalue weighted by molar-refractivity contribution is -0.146. The highest BCUT2D eigenvalue weighted by Gasteiger charge is 2.31. The number of nitrogens with one attached hydrogen (secondary N) is 1. The van der Waals surface area contributed by atoms with Gasteiger partial charge in [0.05, 0.1) is 13.5 Å². The number of amides is 1. The van der Waals surface area contributed by atoms with Crippen LogP contribution < -0.4 is 5.32 Å². The minimum Gasteiger partial charge on any atom is -0.469 e. The molecular weight excluding hydrogens is 256 g/mol. The van der Waals surface area contributed by atoms with Crippen LogP contribution in [0.1, 0.15) is 17.5 Å². The fourth-order valence-corrected chi connectivity index (χ4v) is 2.42. The van der Waals surface area contributed by atoms with Crippen LogP contribution in [0.15, 0.2) is 24.3 Å². The summed E-state index contributed by atoms with van der Waals surface area (Å²) in [6.45, 7) is 4.07. The Morgan fingerprint density at radius 1 is 1.45 bits per heavy atom. The SMILES string of the molecule is COC(=O)C[C@H]1C(=O)NCCN1Cc1ccccc1C. The molecule has 0 bridgehead atoms. The van der Waals surface area contributed by atoms with Crippen molar-refractivity contribution in [2.45, 2.75) is 25.9 Å². The molecule has 1 aromatic rings. The van der Waals surface area contributed by atoms with Crippen LogP contribution in [0.3, 0.4) is 0 Å². The van der Waals surface area contributed by atoms with E-state index in [4.69, 9.17) is 0 Å². The van der Waals surface area contributed by atoms with Crippen molar-refractivity contribution in [3.8, 4) is 0 Å². The Morgan fingerprint density at radius 3 is 2.90 bits per heavy atom. The number of benzene rings is 1. The molecular formula is C15H20N2O3. The van der Waals surface area contributed by atoms with Crippen molar-refractivity contribution in [2.75, 3.05) is 20.2 Å². The van der Waals surface area contributed by atoms with E-state index in [0.717, 1.165) is 6.54 Å². The number of nitrogens with zero attached hydrogens (tertiary/aromatic N) is 1. The van der Waals surface area contributed by atoms with E-state index in [1.807, 2.05) is 17.0 Å². The van der Waals surface area contributed by atoms with Crippen molar-refractivity contribution in [1.29, 1.82) is 0 Å². The maximum absolute atomic E-state index is 12.0. The summed E-state index contributed by atoms with van der Waals surface area (Å²) in [5.41, 5.74) is 2.37. The zero-order chi connectivity index (χ0) is 14.5. The Labute approximate surface area is 118 Å². The number of aryl methyl sites for hydroxylation is 1. The first-order valence-corrected chi connectivity index (χ1v) is 6.75. The Bertz CT molecular complexity index is 502. The number of rotatable bonds is 4. The van der Waals surface area contributed by atoms with Gasteiger partial charge in [-0.1, -0.05) is 24.3 Å². The van der Waals surface area contributed by atoms with Gasteiger partial charge in [-0.05, 0) is 18.1 Å². The first kappa shape index (κ1) is 14.5. The number of hydrogen-bond acceptors (Lipinski definition) is 4. The van der Waals surface area contributed by atoms with Gasteiger partial charge < -0.3 is 10.1 Å². The molecule has 1 N–H and O–H groups in total. The highest BCUT2D eigenvalue weighted by molar-refractivity contribution is 5.87. The molecule has 1 aliphatic heterocycles. The van der Waals surface area contributed by atoms with Gasteiger partial charge in [-0.3, -0.25) is 14.5 Å². The third kappa shape index (κ3) is 3.36. The lowest BCUT2D eigenvalue weighted by Crippen LogP contribution is -2.55. The smallest absolute Gasteiger partial charge is 0.307 e.